The Kier molecular flexibility index (Phi) is 5.52. The van der Waals surface area contributed by atoms with E-state index in [4.69, 9.17) is 4.74 Å². The summed E-state index contributed by atoms with van der Waals surface area (Å²) in [5, 5.41) is 0. The molecule has 2 rings (SSSR count). The molecule has 3 heteroatoms. The lowest BCUT2D eigenvalue weighted by atomic mass is 9.50. The maximum absolute atomic E-state index is 11.8. The maximum Gasteiger partial charge on any atom is 0.337 e. The molecule has 3 nitrogen and oxygen atoms in total. The molecule has 0 amide bonds. The van der Waals surface area contributed by atoms with Crippen molar-refractivity contribution < 1.29 is 14.3 Å². The van der Waals surface area contributed by atoms with Gasteiger partial charge in [0.15, 0.2) is 0 Å². The highest BCUT2D eigenvalue weighted by molar-refractivity contribution is 5.95. The molecule has 1 saturated carbocycles. The first-order chi connectivity index (χ1) is 11.3. The molecule has 0 aromatic carbocycles. The fourth-order valence-corrected chi connectivity index (χ4v) is 5.03. The molecule has 2 aliphatic rings. The van der Waals surface area contributed by atoms with Crippen molar-refractivity contribution in [2.24, 2.45) is 16.7 Å². The molecule has 0 spiro atoms. The van der Waals surface area contributed by atoms with Crippen molar-refractivity contribution >= 4 is 12.3 Å². The van der Waals surface area contributed by atoms with Crippen molar-refractivity contribution in [3.63, 3.8) is 0 Å². The fraction of sp³-hybridized carbons (Fsp3) is 0.619. The molecule has 0 aromatic rings. The van der Waals surface area contributed by atoms with Crippen molar-refractivity contribution in [1.29, 1.82) is 0 Å². The highest BCUT2D eigenvalue weighted by atomic mass is 16.5. The summed E-state index contributed by atoms with van der Waals surface area (Å²) in [6.07, 6.45) is 11.7. The quantitative estimate of drug-likeness (QED) is 0.322. The van der Waals surface area contributed by atoms with E-state index < -0.39 is 5.97 Å². The zero-order chi connectivity index (χ0) is 18.0. The third kappa shape index (κ3) is 3.40. The van der Waals surface area contributed by atoms with Crippen LogP contribution in [0.1, 0.15) is 59.8 Å². The van der Waals surface area contributed by atoms with Gasteiger partial charge in [0, 0.05) is 0 Å². The van der Waals surface area contributed by atoms with Gasteiger partial charge in [-0.2, -0.15) is 0 Å². The number of carbonyl (C=O) groups excluding carboxylic acids is 2. The number of methoxy groups -OCH3 is 1. The SMILES string of the molecule is COC(=O)C(/C=C/C1=C(C)CCC2C(C)(C)CCC[C@@]12C)=C/C=O. The van der Waals surface area contributed by atoms with E-state index in [1.165, 1.54) is 50.0 Å². The van der Waals surface area contributed by atoms with Gasteiger partial charge < -0.3 is 4.74 Å². The lowest BCUT2D eigenvalue weighted by Gasteiger charge is -2.54. The summed E-state index contributed by atoms with van der Waals surface area (Å²) in [6.45, 7) is 9.36. The van der Waals surface area contributed by atoms with Crippen molar-refractivity contribution in [2.75, 3.05) is 7.11 Å². The second kappa shape index (κ2) is 7.08. The lowest BCUT2D eigenvalue weighted by Crippen LogP contribution is -2.45. The van der Waals surface area contributed by atoms with E-state index in [-0.39, 0.29) is 5.41 Å². The van der Waals surface area contributed by atoms with Crippen molar-refractivity contribution in [2.45, 2.75) is 59.8 Å². The van der Waals surface area contributed by atoms with Crippen LogP contribution in [0, 0.1) is 16.7 Å². The lowest BCUT2D eigenvalue weighted by molar-refractivity contribution is -0.135. The van der Waals surface area contributed by atoms with Crippen LogP contribution in [0.4, 0.5) is 0 Å². The third-order valence-electron chi connectivity index (χ3n) is 6.21. The molecule has 0 heterocycles. The number of allylic oxidation sites excluding steroid dienone is 4. The van der Waals surface area contributed by atoms with Gasteiger partial charge in [-0.1, -0.05) is 38.8 Å². The number of rotatable bonds is 4. The van der Waals surface area contributed by atoms with E-state index in [0.717, 1.165) is 6.42 Å². The van der Waals surface area contributed by atoms with Crippen LogP contribution < -0.4 is 0 Å². The Morgan fingerprint density at radius 2 is 1.96 bits per heavy atom. The van der Waals surface area contributed by atoms with Gasteiger partial charge in [-0.15, -0.1) is 0 Å². The number of esters is 1. The molecule has 132 valence electrons. The Balaban J connectivity index is 2.40. The van der Waals surface area contributed by atoms with Gasteiger partial charge in [0.1, 0.15) is 6.29 Å². The van der Waals surface area contributed by atoms with E-state index in [2.05, 4.69) is 33.8 Å². The Morgan fingerprint density at radius 3 is 2.58 bits per heavy atom. The van der Waals surface area contributed by atoms with Crippen LogP contribution in [0.2, 0.25) is 0 Å². The van der Waals surface area contributed by atoms with E-state index in [1.807, 2.05) is 0 Å². The molecule has 0 N–H and O–H groups in total. The maximum atomic E-state index is 11.8. The van der Waals surface area contributed by atoms with Gasteiger partial charge >= 0.3 is 5.97 Å². The summed E-state index contributed by atoms with van der Waals surface area (Å²) in [5.41, 5.74) is 3.53. The van der Waals surface area contributed by atoms with Gasteiger partial charge in [-0.3, -0.25) is 4.79 Å². The minimum Gasteiger partial charge on any atom is -0.465 e. The summed E-state index contributed by atoms with van der Waals surface area (Å²) >= 11 is 0. The van der Waals surface area contributed by atoms with Crippen molar-refractivity contribution in [3.8, 4) is 0 Å². The minimum atomic E-state index is -0.474. The molecule has 0 saturated heterocycles. The molecular weight excluding hydrogens is 300 g/mol. The normalized spacial score (nSPS) is 30.2. The van der Waals surface area contributed by atoms with Gasteiger partial charge in [-0.05, 0) is 67.1 Å². The molecular formula is C21H30O3. The summed E-state index contributed by atoms with van der Waals surface area (Å²) in [7, 11) is 1.33. The van der Waals surface area contributed by atoms with E-state index in [1.54, 1.807) is 6.08 Å². The monoisotopic (exact) mass is 330 g/mol. The van der Waals surface area contributed by atoms with E-state index in [9.17, 15) is 9.59 Å². The van der Waals surface area contributed by atoms with Crippen LogP contribution in [0.3, 0.4) is 0 Å². The average molecular weight is 330 g/mol. The molecule has 0 aliphatic heterocycles. The second-order valence-electron chi connectivity index (χ2n) is 8.13. The number of hydrogen-bond donors (Lipinski definition) is 0. The third-order valence-corrected chi connectivity index (χ3v) is 6.21. The molecule has 0 bridgehead atoms. The Morgan fingerprint density at radius 1 is 1.25 bits per heavy atom. The highest BCUT2D eigenvalue weighted by Crippen LogP contribution is 2.59. The summed E-state index contributed by atoms with van der Waals surface area (Å²) < 4.78 is 4.76. The molecule has 0 radical (unpaired) electrons. The topological polar surface area (TPSA) is 43.4 Å². The van der Waals surface area contributed by atoms with Gasteiger partial charge in [-0.25, -0.2) is 4.79 Å². The zero-order valence-corrected chi connectivity index (χ0v) is 15.6. The molecule has 2 atom stereocenters. The molecule has 24 heavy (non-hydrogen) atoms. The average Bonchev–Trinajstić information content (AvgIpc) is 2.51. The summed E-state index contributed by atoms with van der Waals surface area (Å²) in [5.74, 6) is 0.178. The number of hydrogen-bond acceptors (Lipinski definition) is 3. The Labute approximate surface area is 145 Å². The Bertz CT molecular complexity index is 607. The van der Waals surface area contributed by atoms with Gasteiger partial charge in [0.2, 0.25) is 0 Å². The summed E-state index contributed by atoms with van der Waals surface area (Å²) in [4.78, 5) is 22.6. The second-order valence-corrected chi connectivity index (χ2v) is 8.13. The van der Waals surface area contributed by atoms with Crippen LogP contribution in [0.15, 0.2) is 34.9 Å². The van der Waals surface area contributed by atoms with Crippen molar-refractivity contribution in [1.82, 2.24) is 0 Å². The van der Waals surface area contributed by atoms with Crippen LogP contribution >= 0.6 is 0 Å². The van der Waals surface area contributed by atoms with Crippen molar-refractivity contribution in [3.05, 3.63) is 34.9 Å². The largest absolute Gasteiger partial charge is 0.465 e. The standard InChI is InChI=1S/C21H30O3/c1-15-7-10-18-20(2,3)12-6-13-21(18,4)17(15)9-8-16(11-14-22)19(23)24-5/h8-9,11,14,18H,6-7,10,12-13H2,1-5H3/b9-8+,16-11+/t18?,21-/m0/s1. The first-order valence-corrected chi connectivity index (χ1v) is 8.88. The summed E-state index contributed by atoms with van der Waals surface area (Å²) in [6, 6.07) is 0. The minimum absolute atomic E-state index is 0.142. The smallest absolute Gasteiger partial charge is 0.337 e. The molecule has 2 aliphatic carbocycles. The first-order valence-electron chi connectivity index (χ1n) is 8.88. The number of fused-ring (bicyclic) bond motifs is 1. The Hall–Kier alpha value is -1.64. The van der Waals surface area contributed by atoms with E-state index >= 15 is 0 Å². The van der Waals surface area contributed by atoms with Crippen LogP contribution in [-0.2, 0) is 14.3 Å². The van der Waals surface area contributed by atoms with Gasteiger partial charge in [0.25, 0.3) is 0 Å². The van der Waals surface area contributed by atoms with Gasteiger partial charge in [0.05, 0.1) is 12.7 Å². The molecule has 0 aromatic heterocycles. The number of aldehydes is 1. The van der Waals surface area contributed by atoms with Crippen LogP contribution in [0.25, 0.3) is 0 Å². The first kappa shape index (κ1) is 18.7. The molecule has 1 unspecified atom stereocenters. The van der Waals surface area contributed by atoms with Crippen LogP contribution in [-0.4, -0.2) is 19.4 Å². The molecule has 1 fully saturated rings. The predicted octanol–water partition coefficient (Wildman–Crippen LogP) is 4.78. The number of carbonyl (C=O) groups is 2. The highest BCUT2D eigenvalue weighted by Gasteiger charge is 2.49. The van der Waals surface area contributed by atoms with E-state index in [0.29, 0.717) is 23.2 Å². The number of ether oxygens (including phenoxy) is 1. The predicted molar refractivity (Wildman–Crippen MR) is 96.5 cm³/mol. The van der Waals surface area contributed by atoms with Crippen LogP contribution in [0.5, 0.6) is 0 Å². The zero-order valence-electron chi connectivity index (χ0n) is 15.6. The fourth-order valence-electron chi connectivity index (χ4n) is 5.03.